The predicted octanol–water partition coefficient (Wildman–Crippen LogP) is 2.06. The van der Waals surface area contributed by atoms with Gasteiger partial charge in [-0.25, -0.2) is 0 Å². The number of hydrogen-bond acceptors (Lipinski definition) is 3. The maximum absolute atomic E-state index is 5.75. The Bertz CT molecular complexity index is 140. The summed E-state index contributed by atoms with van der Waals surface area (Å²) in [6, 6.07) is 0. The molecule has 2 unspecified atom stereocenters. The summed E-state index contributed by atoms with van der Waals surface area (Å²) in [7, 11) is 0. The smallest absolute Gasteiger partial charge is 0.0784 e. The van der Waals surface area contributed by atoms with E-state index in [2.05, 4.69) is 33.0 Å². The van der Waals surface area contributed by atoms with E-state index < -0.39 is 0 Å². The van der Waals surface area contributed by atoms with E-state index in [1.54, 1.807) is 0 Å². The molecule has 1 N–H and O–H groups in total. The Kier molecular flexibility index (Phi) is 9.06. The summed E-state index contributed by atoms with van der Waals surface area (Å²) in [5.74, 6) is 0.693. The first-order valence-corrected chi connectivity index (χ1v) is 6.00. The molecule has 0 amide bonds. The van der Waals surface area contributed by atoms with Gasteiger partial charge in [-0.1, -0.05) is 13.8 Å². The molecule has 0 rings (SSSR count). The molecule has 0 heterocycles. The molecule has 0 radical (unpaired) electrons. The molecule has 0 bridgehead atoms. The second kappa shape index (κ2) is 9.13. The van der Waals surface area contributed by atoms with Crippen LogP contribution in [0.4, 0.5) is 0 Å². The largest absolute Gasteiger partial charge is 0.379 e. The zero-order valence-corrected chi connectivity index (χ0v) is 10.9. The minimum Gasteiger partial charge on any atom is -0.379 e. The van der Waals surface area contributed by atoms with Gasteiger partial charge in [0, 0.05) is 13.2 Å². The van der Waals surface area contributed by atoms with Crippen molar-refractivity contribution < 1.29 is 9.47 Å². The van der Waals surface area contributed by atoms with E-state index in [-0.39, 0.29) is 12.2 Å². The SMILES string of the molecule is CCOCC(C)OC(C)CNCC(C)C. The summed E-state index contributed by atoms with van der Waals surface area (Å²) in [5, 5.41) is 3.38. The minimum atomic E-state index is 0.181. The standard InChI is InChI=1S/C12H27NO2/c1-6-14-9-12(5)15-11(4)8-13-7-10(2)3/h10-13H,6-9H2,1-5H3. The topological polar surface area (TPSA) is 30.5 Å². The Morgan fingerprint density at radius 1 is 1.00 bits per heavy atom. The highest BCUT2D eigenvalue weighted by molar-refractivity contribution is 4.59. The molecule has 0 aliphatic heterocycles. The highest BCUT2D eigenvalue weighted by Crippen LogP contribution is 1.98. The predicted molar refractivity (Wildman–Crippen MR) is 64.2 cm³/mol. The van der Waals surface area contributed by atoms with Crippen LogP contribution >= 0.6 is 0 Å². The molecular weight excluding hydrogens is 190 g/mol. The summed E-state index contributed by atoms with van der Waals surface area (Å²) in [5.41, 5.74) is 0. The van der Waals surface area contributed by atoms with Crippen molar-refractivity contribution in [1.82, 2.24) is 5.32 Å². The second-order valence-corrected chi connectivity index (χ2v) is 4.47. The quantitative estimate of drug-likeness (QED) is 0.641. The molecule has 15 heavy (non-hydrogen) atoms. The van der Waals surface area contributed by atoms with Gasteiger partial charge in [-0.3, -0.25) is 0 Å². The molecule has 0 spiro atoms. The lowest BCUT2D eigenvalue weighted by Gasteiger charge is -2.20. The third-order valence-electron chi connectivity index (χ3n) is 2.01. The second-order valence-electron chi connectivity index (χ2n) is 4.47. The van der Waals surface area contributed by atoms with Gasteiger partial charge in [-0.15, -0.1) is 0 Å². The fourth-order valence-electron chi connectivity index (χ4n) is 1.34. The van der Waals surface area contributed by atoms with Crippen LogP contribution in [0.2, 0.25) is 0 Å². The number of ether oxygens (including phenoxy) is 2. The van der Waals surface area contributed by atoms with Crippen LogP contribution in [0.1, 0.15) is 34.6 Å². The number of nitrogens with one attached hydrogen (secondary N) is 1. The van der Waals surface area contributed by atoms with E-state index in [0.29, 0.717) is 12.5 Å². The van der Waals surface area contributed by atoms with Crippen molar-refractivity contribution >= 4 is 0 Å². The summed E-state index contributed by atoms with van der Waals surface area (Å²) >= 11 is 0. The first-order chi connectivity index (χ1) is 7.06. The van der Waals surface area contributed by atoms with E-state index in [1.165, 1.54) is 0 Å². The summed E-state index contributed by atoms with van der Waals surface area (Å²) in [6.45, 7) is 14.0. The van der Waals surface area contributed by atoms with Crippen LogP contribution in [0.25, 0.3) is 0 Å². The van der Waals surface area contributed by atoms with Crippen molar-refractivity contribution in [2.24, 2.45) is 5.92 Å². The van der Waals surface area contributed by atoms with Gasteiger partial charge in [0.25, 0.3) is 0 Å². The van der Waals surface area contributed by atoms with Gasteiger partial charge >= 0.3 is 0 Å². The summed E-state index contributed by atoms with van der Waals surface area (Å²) < 4.78 is 11.0. The minimum absolute atomic E-state index is 0.181. The first kappa shape index (κ1) is 14.9. The molecule has 3 nitrogen and oxygen atoms in total. The first-order valence-electron chi connectivity index (χ1n) is 6.00. The van der Waals surface area contributed by atoms with Crippen LogP contribution in [-0.4, -0.2) is 38.5 Å². The van der Waals surface area contributed by atoms with E-state index >= 15 is 0 Å². The lowest BCUT2D eigenvalue weighted by atomic mass is 10.2. The van der Waals surface area contributed by atoms with E-state index in [9.17, 15) is 0 Å². The maximum Gasteiger partial charge on any atom is 0.0784 e. The van der Waals surface area contributed by atoms with Crippen molar-refractivity contribution in [3.63, 3.8) is 0 Å². The van der Waals surface area contributed by atoms with Crippen LogP contribution in [0.5, 0.6) is 0 Å². The Balaban J connectivity index is 3.42. The average molecular weight is 217 g/mol. The Labute approximate surface area is 94.5 Å². The zero-order chi connectivity index (χ0) is 11.7. The third kappa shape index (κ3) is 10.2. The molecule has 0 saturated carbocycles. The Morgan fingerprint density at radius 2 is 1.67 bits per heavy atom. The normalized spacial score (nSPS) is 15.6. The zero-order valence-electron chi connectivity index (χ0n) is 10.9. The maximum atomic E-state index is 5.75. The van der Waals surface area contributed by atoms with E-state index in [4.69, 9.17) is 9.47 Å². The lowest BCUT2D eigenvalue weighted by Crippen LogP contribution is -2.32. The van der Waals surface area contributed by atoms with Crippen molar-refractivity contribution in [2.75, 3.05) is 26.3 Å². The summed E-state index contributed by atoms with van der Waals surface area (Å²) in [4.78, 5) is 0. The van der Waals surface area contributed by atoms with E-state index in [1.807, 2.05) is 6.92 Å². The number of rotatable bonds is 9. The molecule has 0 aromatic heterocycles. The fraction of sp³-hybridized carbons (Fsp3) is 1.00. The van der Waals surface area contributed by atoms with Gasteiger partial charge in [0.2, 0.25) is 0 Å². The molecule has 0 aromatic rings. The van der Waals surface area contributed by atoms with Gasteiger partial charge in [0.05, 0.1) is 18.8 Å². The molecular formula is C12H27NO2. The van der Waals surface area contributed by atoms with Crippen LogP contribution in [0.15, 0.2) is 0 Å². The molecule has 2 atom stereocenters. The molecule has 0 saturated heterocycles. The van der Waals surface area contributed by atoms with Crippen molar-refractivity contribution in [3.8, 4) is 0 Å². The number of hydrogen-bond donors (Lipinski definition) is 1. The Hall–Kier alpha value is -0.120. The van der Waals surface area contributed by atoms with Gasteiger partial charge in [0.15, 0.2) is 0 Å². The van der Waals surface area contributed by atoms with Gasteiger partial charge in [-0.05, 0) is 33.2 Å². The highest BCUT2D eigenvalue weighted by atomic mass is 16.5. The van der Waals surface area contributed by atoms with Crippen LogP contribution in [0, 0.1) is 5.92 Å². The van der Waals surface area contributed by atoms with Gasteiger partial charge in [-0.2, -0.15) is 0 Å². The fourth-order valence-corrected chi connectivity index (χ4v) is 1.34. The van der Waals surface area contributed by atoms with Crippen LogP contribution in [-0.2, 0) is 9.47 Å². The van der Waals surface area contributed by atoms with Crippen LogP contribution < -0.4 is 5.32 Å². The van der Waals surface area contributed by atoms with E-state index in [0.717, 1.165) is 19.7 Å². The highest BCUT2D eigenvalue weighted by Gasteiger charge is 2.08. The third-order valence-corrected chi connectivity index (χ3v) is 2.01. The molecule has 0 aliphatic rings. The van der Waals surface area contributed by atoms with Crippen molar-refractivity contribution in [3.05, 3.63) is 0 Å². The monoisotopic (exact) mass is 217 g/mol. The lowest BCUT2D eigenvalue weighted by molar-refractivity contribution is -0.0384. The molecule has 92 valence electrons. The molecule has 0 aromatic carbocycles. The van der Waals surface area contributed by atoms with Crippen LogP contribution in [0.3, 0.4) is 0 Å². The van der Waals surface area contributed by atoms with Crippen molar-refractivity contribution in [2.45, 2.75) is 46.8 Å². The van der Waals surface area contributed by atoms with Crippen molar-refractivity contribution in [1.29, 1.82) is 0 Å². The Morgan fingerprint density at radius 3 is 2.20 bits per heavy atom. The van der Waals surface area contributed by atoms with Gasteiger partial charge in [0.1, 0.15) is 0 Å². The molecule has 0 fully saturated rings. The summed E-state index contributed by atoms with van der Waals surface area (Å²) in [6.07, 6.45) is 0.431. The average Bonchev–Trinajstić information content (AvgIpc) is 2.14. The van der Waals surface area contributed by atoms with Gasteiger partial charge < -0.3 is 14.8 Å². The molecule has 0 aliphatic carbocycles. The molecule has 3 heteroatoms.